The topological polar surface area (TPSA) is 60.7 Å². The van der Waals surface area contributed by atoms with Gasteiger partial charge in [0.15, 0.2) is 6.61 Å². The van der Waals surface area contributed by atoms with Gasteiger partial charge in [0.25, 0.3) is 0 Å². The van der Waals surface area contributed by atoms with Gasteiger partial charge in [-0.1, -0.05) is 23.7 Å². The molecule has 0 atom stereocenters. The number of aromatic nitrogens is 1. The average molecular weight is 508 g/mol. The molecule has 0 aliphatic carbocycles. The van der Waals surface area contributed by atoms with Gasteiger partial charge in [0.05, 0.1) is 17.6 Å². The molecule has 1 aromatic heterocycles. The average Bonchev–Trinajstić information content (AvgIpc) is 3.20. The second-order valence-electron chi connectivity index (χ2n) is 7.66. The Kier molecular flexibility index (Phi) is 6.88. The van der Waals surface area contributed by atoms with Crippen LogP contribution in [0.4, 0.5) is 17.6 Å². The largest absolute Gasteiger partial charge is 0.488 e. The van der Waals surface area contributed by atoms with Crippen LogP contribution in [-0.4, -0.2) is 22.2 Å². The van der Waals surface area contributed by atoms with Crippen LogP contribution in [0.15, 0.2) is 66.9 Å². The Bertz CT molecular complexity index is 1380. The lowest BCUT2D eigenvalue weighted by Crippen LogP contribution is -2.10. The number of rotatable bonds is 8. The molecule has 3 aromatic carbocycles. The lowest BCUT2D eigenvalue weighted by molar-refractivity contribution is -0.139. The number of carboxylic acids is 1. The second kappa shape index (κ2) is 9.87. The molecule has 4 aromatic rings. The van der Waals surface area contributed by atoms with Gasteiger partial charge in [-0.25, -0.2) is 9.18 Å². The Balaban J connectivity index is 1.66. The fraction of sp³-hybridized carbons (Fsp3) is 0.160. The third-order valence-electron chi connectivity index (χ3n) is 5.25. The predicted octanol–water partition coefficient (Wildman–Crippen LogP) is 6.54. The Morgan fingerprint density at radius 2 is 1.77 bits per heavy atom. The summed E-state index contributed by atoms with van der Waals surface area (Å²) < 4.78 is 67.0. The summed E-state index contributed by atoms with van der Waals surface area (Å²) in [5.41, 5.74) is 0.204. The maximum Gasteiger partial charge on any atom is 0.416 e. The molecule has 0 bridgehead atoms. The molecule has 1 heterocycles. The molecule has 0 aliphatic rings. The SMILES string of the molecule is O=C(O)COc1cccc2c1ccn2Cc1cc(C(F)(F)F)ccc1OCc1ccc(Cl)cc1F. The summed E-state index contributed by atoms with van der Waals surface area (Å²) >= 11 is 5.76. The Morgan fingerprint density at radius 1 is 0.971 bits per heavy atom. The summed E-state index contributed by atoms with van der Waals surface area (Å²) in [5.74, 6) is -1.23. The number of fused-ring (bicyclic) bond motifs is 1. The molecule has 182 valence electrons. The molecule has 0 spiro atoms. The zero-order valence-electron chi connectivity index (χ0n) is 18.0. The lowest BCUT2D eigenvalue weighted by atomic mass is 10.1. The minimum Gasteiger partial charge on any atom is -0.488 e. The molecular formula is C25H18ClF4NO4. The molecule has 35 heavy (non-hydrogen) atoms. The van der Waals surface area contributed by atoms with E-state index in [2.05, 4.69) is 0 Å². The quantitative estimate of drug-likeness (QED) is 0.275. The number of aliphatic carboxylic acids is 1. The van der Waals surface area contributed by atoms with Crippen LogP contribution in [0.25, 0.3) is 10.9 Å². The van der Waals surface area contributed by atoms with Crippen molar-refractivity contribution in [3.05, 3.63) is 94.4 Å². The number of halogens is 5. The van der Waals surface area contributed by atoms with E-state index in [1.807, 2.05) is 0 Å². The summed E-state index contributed by atoms with van der Waals surface area (Å²) in [7, 11) is 0. The first-order valence-electron chi connectivity index (χ1n) is 10.3. The minimum atomic E-state index is -4.56. The molecular weight excluding hydrogens is 490 g/mol. The molecule has 5 nitrogen and oxygen atoms in total. The van der Waals surface area contributed by atoms with Crippen molar-refractivity contribution in [1.82, 2.24) is 4.57 Å². The summed E-state index contributed by atoms with van der Waals surface area (Å²) in [4.78, 5) is 10.8. The highest BCUT2D eigenvalue weighted by atomic mass is 35.5. The molecule has 10 heteroatoms. The molecule has 0 amide bonds. The number of carbonyl (C=O) groups is 1. The molecule has 0 fully saturated rings. The number of ether oxygens (including phenoxy) is 2. The number of nitrogens with zero attached hydrogens (tertiary/aromatic N) is 1. The van der Waals surface area contributed by atoms with E-state index in [-0.39, 0.29) is 35.1 Å². The first-order valence-corrected chi connectivity index (χ1v) is 10.7. The first kappa shape index (κ1) is 24.4. The highest BCUT2D eigenvalue weighted by Gasteiger charge is 2.31. The number of hydrogen-bond acceptors (Lipinski definition) is 3. The molecule has 0 saturated heterocycles. The molecule has 0 unspecified atom stereocenters. The zero-order chi connectivity index (χ0) is 25.2. The Morgan fingerprint density at radius 3 is 2.49 bits per heavy atom. The van der Waals surface area contributed by atoms with E-state index in [9.17, 15) is 22.4 Å². The van der Waals surface area contributed by atoms with Gasteiger partial charge < -0.3 is 19.1 Å². The van der Waals surface area contributed by atoms with Crippen LogP contribution in [-0.2, 0) is 24.1 Å². The maximum atomic E-state index is 14.1. The van der Waals surface area contributed by atoms with Crippen LogP contribution >= 0.6 is 11.6 Å². The summed E-state index contributed by atoms with van der Waals surface area (Å²) in [6, 6.07) is 13.9. The number of carboxylic acid groups (broad SMARTS) is 1. The molecule has 0 radical (unpaired) electrons. The fourth-order valence-corrected chi connectivity index (χ4v) is 3.76. The van der Waals surface area contributed by atoms with Gasteiger partial charge >= 0.3 is 12.1 Å². The van der Waals surface area contributed by atoms with Crippen molar-refractivity contribution < 1.29 is 36.9 Å². The minimum absolute atomic E-state index is 0.00817. The highest BCUT2D eigenvalue weighted by molar-refractivity contribution is 6.30. The van der Waals surface area contributed by atoms with Crippen LogP contribution < -0.4 is 9.47 Å². The van der Waals surface area contributed by atoms with Crippen LogP contribution in [0.2, 0.25) is 5.02 Å². The monoisotopic (exact) mass is 507 g/mol. The molecule has 4 rings (SSSR count). The van der Waals surface area contributed by atoms with Crippen molar-refractivity contribution in [3.8, 4) is 11.5 Å². The van der Waals surface area contributed by atoms with Gasteiger partial charge in [0.1, 0.15) is 23.9 Å². The van der Waals surface area contributed by atoms with Crippen molar-refractivity contribution in [1.29, 1.82) is 0 Å². The van der Waals surface area contributed by atoms with E-state index in [0.29, 0.717) is 16.7 Å². The number of hydrogen-bond donors (Lipinski definition) is 1. The maximum absolute atomic E-state index is 14.1. The van der Waals surface area contributed by atoms with Gasteiger partial charge in [-0.15, -0.1) is 0 Å². The van der Waals surface area contributed by atoms with Crippen molar-refractivity contribution in [3.63, 3.8) is 0 Å². The Hall–Kier alpha value is -3.72. The van der Waals surface area contributed by atoms with Gasteiger partial charge in [-0.2, -0.15) is 13.2 Å². The highest BCUT2D eigenvalue weighted by Crippen LogP contribution is 2.34. The van der Waals surface area contributed by atoms with Crippen molar-refractivity contribution in [2.45, 2.75) is 19.3 Å². The second-order valence-corrected chi connectivity index (χ2v) is 8.10. The van der Waals surface area contributed by atoms with E-state index >= 15 is 0 Å². The van der Waals surface area contributed by atoms with Crippen LogP contribution in [0, 0.1) is 5.82 Å². The molecule has 0 aliphatic heterocycles. The normalized spacial score (nSPS) is 11.6. The summed E-state index contributed by atoms with van der Waals surface area (Å²) in [6.45, 7) is -0.730. The fourth-order valence-electron chi connectivity index (χ4n) is 3.60. The van der Waals surface area contributed by atoms with Crippen LogP contribution in [0.3, 0.4) is 0 Å². The molecule has 1 N–H and O–H groups in total. The zero-order valence-corrected chi connectivity index (χ0v) is 18.7. The van der Waals surface area contributed by atoms with Crippen molar-refractivity contribution in [2.24, 2.45) is 0 Å². The van der Waals surface area contributed by atoms with E-state index in [1.165, 1.54) is 18.2 Å². The lowest BCUT2D eigenvalue weighted by Gasteiger charge is -2.16. The third-order valence-corrected chi connectivity index (χ3v) is 5.49. The number of alkyl halides is 3. The van der Waals surface area contributed by atoms with Gasteiger partial charge in [0, 0.05) is 27.7 Å². The van der Waals surface area contributed by atoms with Gasteiger partial charge in [-0.05, 0) is 48.5 Å². The summed E-state index contributed by atoms with van der Waals surface area (Å²) in [6.07, 6.45) is -2.91. The summed E-state index contributed by atoms with van der Waals surface area (Å²) in [5, 5.41) is 9.69. The van der Waals surface area contributed by atoms with E-state index in [0.717, 1.165) is 18.2 Å². The first-order chi connectivity index (χ1) is 16.6. The third kappa shape index (κ3) is 5.68. The Labute approximate surface area is 202 Å². The number of benzene rings is 3. The van der Waals surface area contributed by atoms with E-state index < -0.39 is 30.1 Å². The smallest absolute Gasteiger partial charge is 0.416 e. The predicted molar refractivity (Wildman–Crippen MR) is 121 cm³/mol. The van der Waals surface area contributed by atoms with Crippen LogP contribution in [0.5, 0.6) is 11.5 Å². The van der Waals surface area contributed by atoms with Gasteiger partial charge in [0.2, 0.25) is 0 Å². The van der Waals surface area contributed by atoms with Gasteiger partial charge in [-0.3, -0.25) is 0 Å². The van der Waals surface area contributed by atoms with E-state index in [4.69, 9.17) is 26.2 Å². The van der Waals surface area contributed by atoms with E-state index in [1.54, 1.807) is 35.0 Å². The van der Waals surface area contributed by atoms with Crippen molar-refractivity contribution >= 4 is 28.5 Å². The van der Waals surface area contributed by atoms with Crippen LogP contribution in [0.1, 0.15) is 16.7 Å². The molecule has 0 saturated carbocycles. The standard InChI is InChI=1S/C25H18ClF4NO4/c26-18-6-4-15(20(27)11-18)13-34-22-7-5-17(25(28,29)30)10-16(22)12-31-9-8-19-21(31)2-1-3-23(19)35-14-24(32)33/h1-11H,12-14H2,(H,32,33). The van der Waals surface area contributed by atoms with Crippen molar-refractivity contribution in [2.75, 3.05) is 6.61 Å².